The van der Waals surface area contributed by atoms with Crippen LogP contribution in [0.3, 0.4) is 0 Å². The summed E-state index contributed by atoms with van der Waals surface area (Å²) in [5, 5.41) is 7.58. The van der Waals surface area contributed by atoms with Crippen LogP contribution in [-0.2, 0) is 13.5 Å². The lowest BCUT2D eigenvalue weighted by Gasteiger charge is -2.12. The van der Waals surface area contributed by atoms with Gasteiger partial charge in [-0.3, -0.25) is 4.68 Å². The van der Waals surface area contributed by atoms with Gasteiger partial charge in [0.1, 0.15) is 0 Å². The minimum Gasteiger partial charge on any atom is -0.310 e. The Labute approximate surface area is 121 Å². The Balaban J connectivity index is 1.85. The Kier molecular flexibility index (Phi) is 4.67. The Morgan fingerprint density at radius 2 is 2.28 bits per heavy atom. The molecule has 1 unspecified atom stereocenters. The van der Waals surface area contributed by atoms with E-state index in [2.05, 4.69) is 17.3 Å². The van der Waals surface area contributed by atoms with Gasteiger partial charge in [0, 0.05) is 19.3 Å². The Morgan fingerprint density at radius 3 is 2.83 bits per heavy atom. The van der Waals surface area contributed by atoms with E-state index >= 15 is 0 Å². The zero-order valence-corrected chi connectivity index (χ0v) is 12.6. The van der Waals surface area contributed by atoms with Crippen molar-refractivity contribution in [3.8, 4) is 0 Å². The van der Waals surface area contributed by atoms with Gasteiger partial charge in [-0.1, -0.05) is 23.2 Å². The molecule has 0 aromatic carbocycles. The number of nitrogens with one attached hydrogen (secondary N) is 1. The van der Waals surface area contributed by atoms with Gasteiger partial charge in [-0.05, 0) is 37.1 Å². The van der Waals surface area contributed by atoms with Crippen molar-refractivity contribution >= 4 is 34.5 Å². The second kappa shape index (κ2) is 6.06. The number of nitrogens with zero attached hydrogens (tertiary/aromatic N) is 2. The molecule has 0 aliphatic carbocycles. The first kappa shape index (κ1) is 13.9. The molecule has 6 heteroatoms. The summed E-state index contributed by atoms with van der Waals surface area (Å²) >= 11 is 13.5. The Hall–Kier alpha value is -0.550. The minimum atomic E-state index is 0.206. The van der Waals surface area contributed by atoms with E-state index in [-0.39, 0.29) is 6.04 Å². The molecule has 1 atom stereocenters. The Bertz CT molecular complexity index is 521. The number of hydrogen-bond donors (Lipinski definition) is 1. The average Bonchev–Trinajstić information content (AvgIpc) is 2.85. The summed E-state index contributed by atoms with van der Waals surface area (Å²) in [6.45, 7) is 2.98. The van der Waals surface area contributed by atoms with Crippen molar-refractivity contribution in [3.63, 3.8) is 0 Å². The van der Waals surface area contributed by atoms with Crippen molar-refractivity contribution in [2.24, 2.45) is 7.05 Å². The fourth-order valence-corrected chi connectivity index (χ4v) is 3.44. The summed E-state index contributed by atoms with van der Waals surface area (Å²) in [4.78, 5) is 0. The molecule has 2 heterocycles. The van der Waals surface area contributed by atoms with E-state index in [1.807, 2.05) is 30.2 Å². The smallest absolute Gasteiger partial charge is 0.0991 e. The summed E-state index contributed by atoms with van der Waals surface area (Å²) in [5.74, 6) is 0. The lowest BCUT2D eigenvalue weighted by Crippen LogP contribution is -2.21. The number of aryl methyl sites for hydroxylation is 1. The topological polar surface area (TPSA) is 29.9 Å². The summed E-state index contributed by atoms with van der Waals surface area (Å²) in [5.41, 5.74) is 2.30. The molecule has 2 rings (SSSR count). The van der Waals surface area contributed by atoms with Crippen molar-refractivity contribution in [2.75, 3.05) is 6.54 Å². The molecule has 0 saturated heterocycles. The van der Waals surface area contributed by atoms with Crippen LogP contribution >= 0.6 is 34.5 Å². The van der Waals surface area contributed by atoms with Crippen molar-refractivity contribution in [3.05, 3.63) is 38.3 Å². The number of halogens is 2. The molecule has 0 radical (unpaired) electrons. The zero-order chi connectivity index (χ0) is 13.1. The van der Waals surface area contributed by atoms with Gasteiger partial charge < -0.3 is 5.32 Å². The van der Waals surface area contributed by atoms with E-state index in [1.54, 1.807) is 0 Å². The van der Waals surface area contributed by atoms with E-state index in [9.17, 15) is 0 Å². The second-order valence-electron chi connectivity index (χ2n) is 4.23. The quantitative estimate of drug-likeness (QED) is 0.913. The van der Waals surface area contributed by atoms with E-state index in [0.29, 0.717) is 0 Å². The molecule has 0 fully saturated rings. The van der Waals surface area contributed by atoms with Crippen LogP contribution in [0.5, 0.6) is 0 Å². The SMILES string of the molecule is CC(NCCc1cnn(C)c1)c1cc(Cl)sc1Cl. The molecule has 0 bridgehead atoms. The first-order chi connectivity index (χ1) is 8.56. The van der Waals surface area contributed by atoms with Crippen molar-refractivity contribution < 1.29 is 0 Å². The largest absolute Gasteiger partial charge is 0.310 e. The molecule has 0 spiro atoms. The van der Waals surface area contributed by atoms with Gasteiger partial charge in [0.25, 0.3) is 0 Å². The second-order valence-corrected chi connectivity index (χ2v) is 6.51. The maximum Gasteiger partial charge on any atom is 0.0991 e. The van der Waals surface area contributed by atoms with Crippen LogP contribution in [0.1, 0.15) is 24.1 Å². The summed E-state index contributed by atoms with van der Waals surface area (Å²) in [6, 6.07) is 2.13. The maximum absolute atomic E-state index is 6.12. The predicted molar refractivity (Wildman–Crippen MR) is 77.7 cm³/mol. The third kappa shape index (κ3) is 3.48. The average molecular weight is 304 g/mol. The summed E-state index contributed by atoms with van der Waals surface area (Å²) in [6.07, 6.45) is 4.87. The van der Waals surface area contributed by atoms with E-state index in [4.69, 9.17) is 23.2 Å². The summed E-state index contributed by atoms with van der Waals surface area (Å²) in [7, 11) is 1.92. The zero-order valence-electron chi connectivity index (χ0n) is 10.3. The van der Waals surface area contributed by atoms with Gasteiger partial charge in [-0.25, -0.2) is 0 Å². The van der Waals surface area contributed by atoms with Gasteiger partial charge in [0.05, 0.1) is 14.9 Å². The molecule has 0 amide bonds. The van der Waals surface area contributed by atoms with Crippen LogP contribution < -0.4 is 5.32 Å². The monoisotopic (exact) mass is 303 g/mol. The van der Waals surface area contributed by atoms with Crippen LogP contribution in [0.25, 0.3) is 0 Å². The van der Waals surface area contributed by atoms with E-state index in [1.165, 1.54) is 16.9 Å². The first-order valence-electron chi connectivity index (χ1n) is 5.72. The molecule has 2 aromatic rings. The lowest BCUT2D eigenvalue weighted by molar-refractivity contribution is 0.578. The van der Waals surface area contributed by atoms with Gasteiger partial charge >= 0.3 is 0 Å². The number of thiophene rings is 1. The van der Waals surface area contributed by atoms with Crippen molar-refractivity contribution in [1.29, 1.82) is 0 Å². The number of hydrogen-bond acceptors (Lipinski definition) is 3. The third-order valence-electron chi connectivity index (χ3n) is 2.77. The van der Waals surface area contributed by atoms with Crippen LogP contribution in [0.15, 0.2) is 18.5 Å². The molecule has 98 valence electrons. The molecule has 0 aliphatic rings. The highest BCUT2D eigenvalue weighted by atomic mass is 35.5. The fraction of sp³-hybridized carbons (Fsp3) is 0.417. The van der Waals surface area contributed by atoms with Gasteiger partial charge in [0.15, 0.2) is 0 Å². The standard InChI is InChI=1S/C12H15Cl2N3S/c1-8(10-5-11(13)18-12(10)14)15-4-3-9-6-16-17(2)7-9/h5-8,15H,3-4H2,1-2H3. The molecular weight excluding hydrogens is 289 g/mol. The number of rotatable bonds is 5. The first-order valence-corrected chi connectivity index (χ1v) is 7.29. The number of aromatic nitrogens is 2. The van der Waals surface area contributed by atoms with Crippen molar-refractivity contribution in [1.82, 2.24) is 15.1 Å². The summed E-state index contributed by atoms with van der Waals surface area (Å²) < 4.78 is 3.31. The molecule has 2 aromatic heterocycles. The van der Waals surface area contributed by atoms with E-state index < -0.39 is 0 Å². The van der Waals surface area contributed by atoms with Crippen LogP contribution in [0.2, 0.25) is 8.67 Å². The minimum absolute atomic E-state index is 0.206. The maximum atomic E-state index is 6.12. The molecule has 0 saturated carbocycles. The molecular formula is C12H15Cl2N3S. The van der Waals surface area contributed by atoms with Gasteiger partial charge in [-0.2, -0.15) is 5.10 Å². The third-order valence-corrected chi connectivity index (χ3v) is 4.29. The fourth-order valence-electron chi connectivity index (χ4n) is 1.79. The van der Waals surface area contributed by atoms with Gasteiger partial charge in [0.2, 0.25) is 0 Å². The molecule has 18 heavy (non-hydrogen) atoms. The van der Waals surface area contributed by atoms with Gasteiger partial charge in [-0.15, -0.1) is 11.3 Å². The highest BCUT2D eigenvalue weighted by Gasteiger charge is 2.12. The Morgan fingerprint density at radius 1 is 1.50 bits per heavy atom. The highest BCUT2D eigenvalue weighted by Crippen LogP contribution is 2.34. The van der Waals surface area contributed by atoms with Crippen LogP contribution in [0.4, 0.5) is 0 Å². The molecule has 1 N–H and O–H groups in total. The van der Waals surface area contributed by atoms with E-state index in [0.717, 1.165) is 27.2 Å². The van der Waals surface area contributed by atoms with Crippen LogP contribution in [-0.4, -0.2) is 16.3 Å². The van der Waals surface area contributed by atoms with Crippen LogP contribution in [0, 0.1) is 0 Å². The lowest BCUT2D eigenvalue weighted by atomic mass is 10.1. The normalized spacial score (nSPS) is 12.9. The molecule has 3 nitrogen and oxygen atoms in total. The molecule has 0 aliphatic heterocycles. The predicted octanol–water partition coefficient (Wildman–Crippen LogP) is 3.68. The van der Waals surface area contributed by atoms with Crippen molar-refractivity contribution in [2.45, 2.75) is 19.4 Å². The highest BCUT2D eigenvalue weighted by molar-refractivity contribution is 7.20.